The summed E-state index contributed by atoms with van der Waals surface area (Å²) in [6.45, 7) is 2.37. The van der Waals surface area contributed by atoms with E-state index in [1.165, 1.54) is 16.9 Å². The molecule has 0 radical (unpaired) electrons. The number of likely N-dealkylation sites (N-methyl/N-ethyl adjacent to an activating group) is 2. The Labute approximate surface area is 97.5 Å². The summed E-state index contributed by atoms with van der Waals surface area (Å²) in [5, 5.41) is 0. The molecule has 0 atom stereocenters. The first-order valence-electron chi connectivity index (χ1n) is 2.79. The molecule has 1 aliphatic rings. The molecule has 0 aromatic heterocycles. The van der Waals surface area contributed by atoms with Gasteiger partial charge in [0.2, 0.25) is 0 Å². The van der Waals surface area contributed by atoms with E-state index in [1.807, 2.05) is 0 Å². The van der Waals surface area contributed by atoms with Crippen molar-refractivity contribution in [1.82, 2.24) is 9.80 Å². The third-order valence-corrected chi connectivity index (χ3v) is 3.20. The zero-order valence-electron chi connectivity index (χ0n) is 5.90. The molecular weight excluding hydrogens is 540 g/mol. The van der Waals surface area contributed by atoms with Gasteiger partial charge in [0.05, 0.1) is 0 Å². The molecule has 0 amide bonds. The maximum absolute atomic E-state index is 2.27. The molecule has 0 saturated carbocycles. The predicted octanol–water partition coefficient (Wildman–Crippen LogP) is 0.00270. The molecular formula is C5H10AuIN2Te. The van der Waals surface area contributed by atoms with E-state index in [-0.39, 0.29) is 0 Å². The first-order chi connectivity index (χ1) is 4.72. The summed E-state index contributed by atoms with van der Waals surface area (Å²) in [5.74, 6) is 0. The van der Waals surface area contributed by atoms with Crippen molar-refractivity contribution in [2.75, 3.05) is 27.2 Å². The predicted molar refractivity (Wildman–Crippen MR) is 50.0 cm³/mol. The van der Waals surface area contributed by atoms with Crippen molar-refractivity contribution in [2.45, 2.75) is 0 Å². The van der Waals surface area contributed by atoms with Gasteiger partial charge in [-0.15, -0.1) is 0 Å². The molecule has 2 nitrogen and oxygen atoms in total. The Kier molecular flexibility index (Phi) is 7.35. The summed E-state index contributed by atoms with van der Waals surface area (Å²) in [5.41, 5.74) is 0. The zero-order valence-corrected chi connectivity index (χ0v) is 12.6. The van der Waals surface area contributed by atoms with Crippen LogP contribution in [0.2, 0.25) is 0 Å². The second-order valence-corrected chi connectivity index (χ2v) is 3.17. The van der Waals surface area contributed by atoms with E-state index in [4.69, 9.17) is 0 Å². The standard InChI is InChI=1S/C5H10N2Te.Au.HI/c1-6-3-4-7(2)5(6)8;;/h3-4H2,1-2H3;;1H/q;+1;/p-1. The quantitative estimate of drug-likeness (QED) is 0.310. The molecule has 0 unspecified atom stereocenters. The Morgan fingerprint density at radius 1 is 1.30 bits per heavy atom. The van der Waals surface area contributed by atoms with Crippen molar-refractivity contribution in [3.05, 3.63) is 0 Å². The van der Waals surface area contributed by atoms with E-state index >= 15 is 0 Å². The van der Waals surface area contributed by atoms with E-state index in [9.17, 15) is 0 Å². The van der Waals surface area contributed by atoms with Gasteiger partial charge in [-0.05, 0) is 0 Å². The Bertz CT molecular complexity index is 110. The third-order valence-electron chi connectivity index (χ3n) is 1.42. The van der Waals surface area contributed by atoms with Gasteiger partial charge in [-0.3, -0.25) is 0 Å². The molecule has 0 aliphatic carbocycles. The van der Waals surface area contributed by atoms with Gasteiger partial charge in [-0.25, -0.2) is 0 Å². The van der Waals surface area contributed by atoms with Gasteiger partial charge < -0.3 is 0 Å². The van der Waals surface area contributed by atoms with E-state index < -0.39 is 0 Å². The summed E-state index contributed by atoms with van der Waals surface area (Å²) in [6.07, 6.45) is 0. The van der Waals surface area contributed by atoms with Crippen molar-refractivity contribution >= 4 is 44.6 Å². The van der Waals surface area contributed by atoms with Crippen LogP contribution < -0.4 is 0 Å². The SMILES string of the molecule is CN1CCN(C)C1=[Te].[I][Au]. The Hall–Kier alpha value is 1.73. The summed E-state index contributed by atoms with van der Waals surface area (Å²) in [6, 6.07) is 0. The topological polar surface area (TPSA) is 6.48 Å². The number of hydrogen-bond donors (Lipinski definition) is 0. The summed E-state index contributed by atoms with van der Waals surface area (Å²) in [7, 11) is 4.25. The first kappa shape index (κ1) is 11.7. The van der Waals surface area contributed by atoms with E-state index in [0.717, 1.165) is 0 Å². The summed E-state index contributed by atoms with van der Waals surface area (Å²) in [4.78, 5) is 4.54. The Morgan fingerprint density at radius 3 is 1.70 bits per heavy atom. The van der Waals surface area contributed by atoms with Gasteiger partial charge in [0.25, 0.3) is 0 Å². The number of rotatable bonds is 0. The number of hydrogen-bond acceptors (Lipinski definition) is 2. The molecule has 1 aliphatic heterocycles. The van der Waals surface area contributed by atoms with Crippen LogP contribution in [-0.4, -0.2) is 62.6 Å². The molecule has 1 heterocycles. The molecule has 64 valence electrons. The number of halogens is 1. The molecule has 10 heavy (non-hydrogen) atoms. The van der Waals surface area contributed by atoms with Crippen LogP contribution in [0.3, 0.4) is 0 Å². The van der Waals surface area contributed by atoms with Gasteiger partial charge >= 0.3 is 98.9 Å². The minimum atomic E-state index is 1.19. The molecule has 1 fully saturated rings. The van der Waals surface area contributed by atoms with Crippen molar-refractivity contribution in [3.63, 3.8) is 0 Å². The molecule has 1 rings (SSSR count). The molecule has 5 heteroatoms. The van der Waals surface area contributed by atoms with E-state index in [0.29, 0.717) is 0 Å². The normalized spacial score (nSPS) is 17.1. The second-order valence-electron chi connectivity index (χ2n) is 2.13. The molecule has 0 aromatic rings. The fourth-order valence-corrected chi connectivity index (χ4v) is 1.30. The van der Waals surface area contributed by atoms with Crippen LogP contribution in [-0.2, 0) is 17.3 Å². The third kappa shape index (κ3) is 3.42. The van der Waals surface area contributed by atoms with Crippen molar-refractivity contribution in [3.8, 4) is 0 Å². The fourth-order valence-electron chi connectivity index (χ4n) is 0.783. The van der Waals surface area contributed by atoms with Gasteiger partial charge in [0, 0.05) is 0 Å². The molecule has 0 aromatic carbocycles. The van der Waals surface area contributed by atoms with Crippen LogP contribution in [0.4, 0.5) is 0 Å². The monoisotopic (exact) mass is 552 g/mol. The average Bonchev–Trinajstić information content (AvgIpc) is 2.25. The minimum absolute atomic E-state index is 1.19. The van der Waals surface area contributed by atoms with E-state index in [2.05, 4.69) is 82.0 Å². The Morgan fingerprint density at radius 2 is 1.60 bits per heavy atom. The first-order valence-corrected chi connectivity index (χ1v) is 10.1. The van der Waals surface area contributed by atoms with Crippen LogP contribution in [0, 0.1) is 0 Å². The van der Waals surface area contributed by atoms with Crippen LogP contribution in [0.25, 0.3) is 0 Å². The maximum atomic E-state index is 2.27. The second kappa shape index (κ2) is 6.27. The average molecular weight is 550 g/mol. The molecule has 0 N–H and O–H groups in total. The van der Waals surface area contributed by atoms with Gasteiger partial charge in [-0.1, -0.05) is 0 Å². The fraction of sp³-hybridized carbons (Fsp3) is 0.800. The van der Waals surface area contributed by atoms with Gasteiger partial charge in [0.1, 0.15) is 0 Å². The number of nitrogens with zero attached hydrogens (tertiary/aromatic N) is 2. The van der Waals surface area contributed by atoms with Crippen LogP contribution in [0.1, 0.15) is 0 Å². The van der Waals surface area contributed by atoms with Crippen molar-refractivity contribution in [2.24, 2.45) is 0 Å². The van der Waals surface area contributed by atoms with Crippen molar-refractivity contribution in [1.29, 1.82) is 0 Å². The van der Waals surface area contributed by atoms with Crippen molar-refractivity contribution < 1.29 is 17.3 Å². The van der Waals surface area contributed by atoms with E-state index in [1.54, 1.807) is 0 Å². The van der Waals surface area contributed by atoms with Crippen LogP contribution in [0.15, 0.2) is 0 Å². The van der Waals surface area contributed by atoms with Crippen LogP contribution >= 0.6 is 19.0 Å². The molecule has 1 saturated heterocycles. The van der Waals surface area contributed by atoms with Gasteiger partial charge in [0.15, 0.2) is 0 Å². The molecule has 0 spiro atoms. The zero-order chi connectivity index (χ0) is 8.15. The van der Waals surface area contributed by atoms with Crippen LogP contribution in [0.5, 0.6) is 0 Å². The van der Waals surface area contributed by atoms with Gasteiger partial charge in [-0.2, -0.15) is 0 Å². The summed E-state index contributed by atoms with van der Waals surface area (Å²) >= 11 is 6.42. The molecule has 0 bridgehead atoms. The summed E-state index contributed by atoms with van der Waals surface area (Å²) < 4.78 is 1.39. The Balaban J connectivity index is 0.000000371.